The average Bonchev–Trinajstić information content (AvgIpc) is 2.81. The molecule has 4 heteroatoms. The Hall–Kier alpha value is -9.12. The van der Waals surface area contributed by atoms with Crippen LogP contribution >= 0.6 is 0 Å². The van der Waals surface area contributed by atoms with E-state index in [9.17, 15) is 0 Å². The normalized spacial score (nSPS) is 20.8. The number of hydrogen-bond donors (Lipinski definition) is 0. The summed E-state index contributed by atoms with van der Waals surface area (Å²) in [6.45, 7) is 6.99. The first-order valence-electron chi connectivity index (χ1n) is 28.2. The Kier molecular flexibility index (Phi) is 9.15. The van der Waals surface area contributed by atoms with Crippen molar-refractivity contribution in [2.24, 2.45) is 11.8 Å². The van der Waals surface area contributed by atoms with Gasteiger partial charge >= 0.3 is 0 Å². The molecule has 2 aliphatic heterocycles. The summed E-state index contributed by atoms with van der Waals surface area (Å²) in [5, 5.41) is 5.06. The summed E-state index contributed by atoms with van der Waals surface area (Å²) in [7, 11) is 0. The van der Waals surface area contributed by atoms with Crippen LogP contribution in [0.1, 0.15) is 67.9 Å². The molecule has 0 amide bonds. The van der Waals surface area contributed by atoms with Crippen molar-refractivity contribution in [2.45, 2.75) is 51.5 Å². The number of allylic oxidation sites excluding steroid dienone is 6. The van der Waals surface area contributed by atoms with Gasteiger partial charge < -0.3 is 18.9 Å². The van der Waals surface area contributed by atoms with E-state index >= 15 is 0 Å². The fourth-order valence-corrected chi connectivity index (χ4v) is 15.7. The minimum Gasteiger partial charge on any atom is -0.333 e. The van der Waals surface area contributed by atoms with Crippen LogP contribution in [0.4, 0.5) is 17.1 Å². The van der Waals surface area contributed by atoms with E-state index < -0.39 is 5.41 Å². The first kappa shape index (κ1) is 44.1. The molecule has 4 nitrogen and oxygen atoms in total. The SMILES string of the molecule is C/C=C1\C(CC)C2=C(C=CC(C)C2)N1c1ccc2c(c1)C1(c3cc(N4c5ccccc5C5=CC=CCC54)ccc3-c3ccc(-n4c5ccccc5c5ccccc54)cc31)c1cc(-n3c4ccccc4c4ccccc43)ccc1-2. The van der Waals surface area contributed by atoms with E-state index in [1.54, 1.807) is 5.57 Å². The van der Waals surface area contributed by atoms with Crippen LogP contribution in [0.25, 0.3) is 82.8 Å². The summed E-state index contributed by atoms with van der Waals surface area (Å²) in [5.74, 6) is 0.896. The van der Waals surface area contributed by atoms with Gasteiger partial charge in [0.05, 0.1) is 33.5 Å². The molecule has 0 saturated heterocycles. The number of nitrogens with zero attached hydrogens (tertiary/aromatic N) is 4. The second kappa shape index (κ2) is 16.2. The highest BCUT2D eigenvalue weighted by atomic mass is 15.2. The average molecular weight is 1000 g/mol. The van der Waals surface area contributed by atoms with Gasteiger partial charge in [-0.1, -0.05) is 159 Å². The third-order valence-electron chi connectivity index (χ3n) is 18.8. The van der Waals surface area contributed by atoms with Gasteiger partial charge in [0.25, 0.3) is 0 Å². The Bertz CT molecular complexity index is 4390. The number of benzene rings is 9. The van der Waals surface area contributed by atoms with E-state index in [1.165, 1.54) is 139 Å². The molecule has 78 heavy (non-hydrogen) atoms. The predicted molar refractivity (Wildman–Crippen MR) is 325 cm³/mol. The van der Waals surface area contributed by atoms with Gasteiger partial charge in [0.2, 0.25) is 0 Å². The molecule has 2 aromatic heterocycles. The van der Waals surface area contributed by atoms with Gasteiger partial charge in [-0.25, -0.2) is 0 Å². The number of rotatable bonds is 5. The predicted octanol–water partition coefficient (Wildman–Crippen LogP) is 18.7. The van der Waals surface area contributed by atoms with Crippen LogP contribution in [0.5, 0.6) is 0 Å². The number of para-hydroxylation sites is 5. The third-order valence-corrected chi connectivity index (χ3v) is 18.8. The van der Waals surface area contributed by atoms with E-state index in [0.29, 0.717) is 11.8 Å². The van der Waals surface area contributed by atoms with Crippen molar-refractivity contribution >= 4 is 66.2 Å². The summed E-state index contributed by atoms with van der Waals surface area (Å²) < 4.78 is 5.02. The molecule has 0 radical (unpaired) electrons. The lowest BCUT2D eigenvalue weighted by atomic mass is 9.70. The lowest BCUT2D eigenvalue weighted by Crippen LogP contribution is -2.29. The van der Waals surface area contributed by atoms with Gasteiger partial charge in [0.15, 0.2) is 0 Å². The fourth-order valence-electron chi connectivity index (χ4n) is 15.7. The first-order valence-corrected chi connectivity index (χ1v) is 28.2. The summed E-state index contributed by atoms with van der Waals surface area (Å²) in [6.07, 6.45) is 17.3. The molecule has 1 spiro atoms. The Morgan fingerprint density at radius 2 is 1.00 bits per heavy atom. The zero-order valence-electron chi connectivity index (χ0n) is 44.1. The largest absolute Gasteiger partial charge is 0.333 e. The van der Waals surface area contributed by atoms with E-state index in [-0.39, 0.29) is 6.04 Å². The topological polar surface area (TPSA) is 16.3 Å². The molecule has 4 heterocycles. The van der Waals surface area contributed by atoms with Gasteiger partial charge in [-0.15, -0.1) is 0 Å². The molecule has 4 unspecified atom stereocenters. The van der Waals surface area contributed by atoms with Gasteiger partial charge in [-0.05, 0) is 173 Å². The van der Waals surface area contributed by atoms with Crippen LogP contribution in [-0.2, 0) is 5.41 Å². The smallest absolute Gasteiger partial charge is 0.0728 e. The van der Waals surface area contributed by atoms with Crippen molar-refractivity contribution in [2.75, 3.05) is 9.80 Å². The van der Waals surface area contributed by atoms with Crippen molar-refractivity contribution in [3.63, 3.8) is 0 Å². The minimum atomic E-state index is -0.719. The molecule has 11 aromatic rings. The second-order valence-corrected chi connectivity index (χ2v) is 22.6. The quantitative estimate of drug-likeness (QED) is 0.171. The number of aromatic nitrogens is 2. The molecular weight excluding hydrogens is 945 g/mol. The molecule has 0 N–H and O–H groups in total. The summed E-state index contributed by atoms with van der Waals surface area (Å²) in [5.41, 5.74) is 27.7. The van der Waals surface area contributed by atoms with E-state index in [4.69, 9.17) is 0 Å². The standard InChI is InChI=1S/C74H56N4/c1-4-50-61-40-45(3)30-39-73(61)75(66(50)5-2)46-31-35-51-52-36-32-47(76-67-24-12-6-18-55(67)56-19-7-13-25-68(56)76)42-63(52)74(62(51)41-46)64-43-48(77-69-26-14-8-20-57(69)58-21-9-15-27-70(58)77)33-37-53(64)54-38-34-49(44-65(54)74)78-71-28-16-10-22-59(71)60-23-11-17-29-72(60)78/h5-28,30-39,41-45,50,72H,4,29,40H2,1-3H3/b66-5+. The van der Waals surface area contributed by atoms with Gasteiger partial charge in [-0.2, -0.15) is 0 Å². The molecule has 0 fully saturated rings. The highest BCUT2D eigenvalue weighted by Gasteiger charge is 2.53. The second-order valence-electron chi connectivity index (χ2n) is 22.6. The molecule has 4 atom stereocenters. The van der Waals surface area contributed by atoms with Crippen LogP contribution in [-0.4, -0.2) is 15.2 Å². The van der Waals surface area contributed by atoms with Gasteiger partial charge in [0.1, 0.15) is 0 Å². The highest BCUT2D eigenvalue weighted by molar-refractivity contribution is 6.11. The van der Waals surface area contributed by atoms with Crippen molar-refractivity contribution in [1.82, 2.24) is 9.13 Å². The third kappa shape index (κ3) is 5.69. The lowest BCUT2D eigenvalue weighted by Gasteiger charge is -2.34. The van der Waals surface area contributed by atoms with Crippen LogP contribution < -0.4 is 9.80 Å². The molecule has 0 bridgehead atoms. The Balaban J connectivity index is 0.990. The number of anilines is 3. The van der Waals surface area contributed by atoms with Crippen LogP contribution in [0.15, 0.2) is 248 Å². The summed E-state index contributed by atoms with van der Waals surface area (Å²) >= 11 is 0. The zero-order chi connectivity index (χ0) is 51.5. The Morgan fingerprint density at radius 1 is 0.526 bits per heavy atom. The molecule has 372 valence electrons. The van der Waals surface area contributed by atoms with E-state index in [0.717, 1.165) is 19.3 Å². The van der Waals surface area contributed by atoms with Crippen molar-refractivity contribution < 1.29 is 0 Å². The number of hydrogen-bond acceptors (Lipinski definition) is 2. The van der Waals surface area contributed by atoms with Crippen LogP contribution in [0.2, 0.25) is 0 Å². The monoisotopic (exact) mass is 1000 g/mol. The Labute approximate surface area is 455 Å². The molecular formula is C74H56N4. The molecule has 6 aliphatic rings. The van der Waals surface area contributed by atoms with Gasteiger partial charge in [-0.3, -0.25) is 0 Å². The van der Waals surface area contributed by atoms with Crippen molar-refractivity contribution in [1.29, 1.82) is 0 Å². The summed E-state index contributed by atoms with van der Waals surface area (Å²) in [4.78, 5) is 5.27. The summed E-state index contributed by atoms with van der Waals surface area (Å²) in [6, 6.07) is 74.9. The molecule has 0 saturated carbocycles. The van der Waals surface area contributed by atoms with E-state index in [2.05, 4.69) is 270 Å². The maximum Gasteiger partial charge on any atom is 0.0728 e. The van der Waals surface area contributed by atoms with Crippen molar-refractivity contribution in [3.05, 3.63) is 275 Å². The lowest BCUT2D eigenvalue weighted by molar-refractivity contribution is 0.609. The molecule has 17 rings (SSSR count). The maximum absolute atomic E-state index is 2.64. The molecule has 9 aromatic carbocycles. The van der Waals surface area contributed by atoms with Crippen LogP contribution in [0, 0.1) is 11.8 Å². The fraction of sp³-hybridized carbons (Fsp3) is 0.135. The molecule has 4 aliphatic carbocycles. The van der Waals surface area contributed by atoms with Crippen LogP contribution in [0.3, 0.4) is 0 Å². The first-order chi connectivity index (χ1) is 38.5. The van der Waals surface area contributed by atoms with Gasteiger partial charge in [0, 0.05) is 72.9 Å². The Morgan fingerprint density at radius 3 is 1.54 bits per heavy atom. The minimum absolute atomic E-state index is 0.207. The van der Waals surface area contributed by atoms with Crippen molar-refractivity contribution in [3.8, 4) is 33.6 Å². The van der Waals surface area contributed by atoms with E-state index in [1.807, 2.05) is 0 Å². The number of fused-ring (bicyclic) bond motifs is 19. The zero-order valence-corrected chi connectivity index (χ0v) is 44.1. The maximum atomic E-state index is 2.64. The highest BCUT2D eigenvalue weighted by Crippen LogP contribution is 2.65.